The van der Waals surface area contributed by atoms with Crippen molar-refractivity contribution in [1.29, 1.82) is 0 Å². The van der Waals surface area contributed by atoms with Gasteiger partial charge in [-0.05, 0) is 41.8 Å². The molecule has 0 aliphatic heterocycles. The van der Waals surface area contributed by atoms with Crippen LogP contribution in [0.3, 0.4) is 0 Å². The first kappa shape index (κ1) is 18.3. The molecule has 140 valence electrons. The number of thiophene rings is 1. The zero-order chi connectivity index (χ0) is 19.7. The highest BCUT2D eigenvalue weighted by atomic mass is 32.2. The van der Waals surface area contributed by atoms with E-state index in [0.29, 0.717) is 21.1 Å². The third kappa shape index (κ3) is 3.39. The number of nitrogens with zero attached hydrogens (tertiary/aromatic N) is 2. The van der Waals surface area contributed by atoms with Crippen LogP contribution in [0.1, 0.15) is 10.4 Å². The quantitative estimate of drug-likeness (QED) is 0.225. The third-order valence-corrected chi connectivity index (χ3v) is 5.86. The van der Waals surface area contributed by atoms with Gasteiger partial charge in [-0.2, -0.15) is 0 Å². The van der Waals surface area contributed by atoms with Gasteiger partial charge in [-0.3, -0.25) is 14.2 Å². The number of aromatic nitrogens is 2. The van der Waals surface area contributed by atoms with E-state index >= 15 is 0 Å². The second-order valence-corrected chi connectivity index (χ2v) is 7.76. The van der Waals surface area contributed by atoms with Gasteiger partial charge >= 0.3 is 0 Å². The minimum absolute atomic E-state index is 0.0281. The summed E-state index contributed by atoms with van der Waals surface area (Å²) < 4.78 is 1.50. The molecule has 4 aromatic rings. The lowest BCUT2D eigenvalue weighted by molar-refractivity contribution is 0.102. The first-order valence-corrected chi connectivity index (χ1v) is 10.1. The maximum Gasteiger partial charge on any atom is 0.267 e. The lowest BCUT2D eigenvalue weighted by Gasteiger charge is -2.11. The highest BCUT2D eigenvalue weighted by Crippen LogP contribution is 2.27. The summed E-state index contributed by atoms with van der Waals surface area (Å²) in [5.41, 5.74) is 0.758. The molecule has 0 radical (unpaired) electrons. The van der Waals surface area contributed by atoms with Crippen molar-refractivity contribution in [2.24, 2.45) is 0 Å². The van der Waals surface area contributed by atoms with E-state index in [4.69, 9.17) is 0 Å². The Bertz CT molecular complexity index is 1230. The summed E-state index contributed by atoms with van der Waals surface area (Å²) in [4.78, 5) is 30.7. The summed E-state index contributed by atoms with van der Waals surface area (Å²) in [6, 6.07) is 14.8. The lowest BCUT2D eigenvalue weighted by atomic mass is 10.1. The third-order valence-electron chi connectivity index (χ3n) is 4.11. The van der Waals surface area contributed by atoms with Gasteiger partial charge in [0, 0.05) is 5.56 Å². The van der Waals surface area contributed by atoms with E-state index in [1.54, 1.807) is 6.07 Å². The first-order valence-electron chi connectivity index (χ1n) is 8.28. The average molecular weight is 410 g/mol. The number of aromatic hydroxyl groups is 2. The molecule has 0 bridgehead atoms. The van der Waals surface area contributed by atoms with E-state index in [9.17, 15) is 19.8 Å². The zero-order valence-corrected chi connectivity index (χ0v) is 16.0. The van der Waals surface area contributed by atoms with Crippen molar-refractivity contribution in [3.63, 3.8) is 0 Å². The standard InChI is InChI=1S/C20H14N2O4S2/c23-15-7-6-12(10-16(15)24)17(25)11-28-20-21-18-14(8-9-27-18)19(26)22(20)13-4-2-1-3-5-13/h1-10,23-24H,11H2. The molecular formula is C20H14N2O4S2. The smallest absolute Gasteiger partial charge is 0.267 e. The van der Waals surface area contributed by atoms with Gasteiger partial charge in [0.05, 0.1) is 16.8 Å². The summed E-state index contributed by atoms with van der Waals surface area (Å²) in [7, 11) is 0. The molecule has 28 heavy (non-hydrogen) atoms. The van der Waals surface area contributed by atoms with Gasteiger partial charge in [0.25, 0.3) is 5.56 Å². The van der Waals surface area contributed by atoms with Crippen LogP contribution in [0.5, 0.6) is 11.5 Å². The Morgan fingerprint density at radius 3 is 2.61 bits per heavy atom. The minimum atomic E-state index is -0.352. The van der Waals surface area contributed by atoms with Gasteiger partial charge in [0.1, 0.15) is 4.83 Å². The molecule has 0 atom stereocenters. The van der Waals surface area contributed by atoms with E-state index in [1.807, 2.05) is 35.7 Å². The summed E-state index contributed by atoms with van der Waals surface area (Å²) in [5.74, 6) is -0.858. The van der Waals surface area contributed by atoms with Crippen molar-refractivity contribution in [1.82, 2.24) is 9.55 Å². The maximum absolute atomic E-state index is 13.0. The topological polar surface area (TPSA) is 92.4 Å². The molecule has 2 aromatic heterocycles. The largest absolute Gasteiger partial charge is 0.504 e. The monoisotopic (exact) mass is 410 g/mol. The molecule has 0 amide bonds. The van der Waals surface area contributed by atoms with Crippen LogP contribution in [-0.2, 0) is 0 Å². The van der Waals surface area contributed by atoms with Crippen LogP contribution < -0.4 is 5.56 Å². The molecule has 4 rings (SSSR count). The fourth-order valence-electron chi connectivity index (χ4n) is 2.71. The molecule has 0 fully saturated rings. The molecule has 0 aliphatic carbocycles. The number of phenols is 2. The van der Waals surface area contributed by atoms with Crippen molar-refractivity contribution < 1.29 is 15.0 Å². The summed E-state index contributed by atoms with van der Waals surface area (Å²) >= 11 is 2.52. The highest BCUT2D eigenvalue weighted by molar-refractivity contribution is 7.99. The Labute approximate surface area is 167 Å². The van der Waals surface area contributed by atoms with Crippen LogP contribution in [-0.4, -0.2) is 31.3 Å². The molecule has 8 heteroatoms. The number of thioether (sulfide) groups is 1. The number of hydrogen-bond acceptors (Lipinski definition) is 7. The Balaban J connectivity index is 1.71. The molecule has 2 aromatic carbocycles. The second-order valence-electron chi connectivity index (χ2n) is 5.93. The van der Waals surface area contributed by atoms with Gasteiger partial charge in [0.15, 0.2) is 22.4 Å². The van der Waals surface area contributed by atoms with E-state index < -0.39 is 0 Å². The van der Waals surface area contributed by atoms with Crippen LogP contribution in [0.4, 0.5) is 0 Å². The van der Waals surface area contributed by atoms with Gasteiger partial charge in [-0.1, -0.05) is 30.0 Å². The lowest BCUT2D eigenvalue weighted by Crippen LogP contribution is -2.21. The summed E-state index contributed by atoms with van der Waals surface area (Å²) in [6.07, 6.45) is 0. The SMILES string of the molecule is O=C(CSc1nc2sccc2c(=O)n1-c1ccccc1)c1ccc(O)c(O)c1. The molecule has 0 aliphatic rings. The van der Waals surface area contributed by atoms with E-state index in [0.717, 1.165) is 11.8 Å². The number of phenolic OH excluding ortho intramolecular Hbond substituents is 2. The molecule has 0 saturated carbocycles. The fraction of sp³-hybridized carbons (Fsp3) is 0.0500. The number of Topliss-reactive ketones (excluding diaryl/α,β-unsaturated/α-hetero) is 1. The first-order chi connectivity index (χ1) is 13.5. The van der Waals surface area contributed by atoms with Crippen molar-refractivity contribution in [3.05, 3.63) is 75.9 Å². The Hall–Kier alpha value is -3.10. The van der Waals surface area contributed by atoms with Crippen LogP contribution >= 0.6 is 23.1 Å². The molecule has 2 heterocycles. The molecular weight excluding hydrogens is 396 g/mol. The number of ketones is 1. The second kappa shape index (κ2) is 7.49. The normalized spacial score (nSPS) is 11.0. The van der Waals surface area contributed by atoms with Crippen LogP contribution in [0.2, 0.25) is 0 Å². The number of para-hydroxylation sites is 1. The van der Waals surface area contributed by atoms with Crippen LogP contribution in [0.15, 0.2) is 69.9 Å². The Morgan fingerprint density at radius 1 is 1.07 bits per heavy atom. The summed E-state index contributed by atoms with van der Waals surface area (Å²) in [5, 5.41) is 21.8. The number of benzene rings is 2. The fourth-order valence-corrected chi connectivity index (χ4v) is 4.42. The minimum Gasteiger partial charge on any atom is -0.504 e. The van der Waals surface area contributed by atoms with Crippen LogP contribution in [0, 0.1) is 0 Å². The van der Waals surface area contributed by atoms with Gasteiger partial charge < -0.3 is 10.2 Å². The van der Waals surface area contributed by atoms with Crippen molar-refractivity contribution in [2.45, 2.75) is 5.16 Å². The zero-order valence-electron chi connectivity index (χ0n) is 14.4. The van der Waals surface area contributed by atoms with Gasteiger partial charge in [-0.25, -0.2) is 4.98 Å². The predicted molar refractivity (Wildman–Crippen MR) is 110 cm³/mol. The number of carbonyl (C=O) groups is 1. The van der Waals surface area contributed by atoms with Crippen molar-refractivity contribution >= 4 is 39.1 Å². The van der Waals surface area contributed by atoms with Gasteiger partial charge in [0.2, 0.25) is 0 Å². The number of rotatable bonds is 5. The Kier molecular flexibility index (Phi) is 4.89. The summed E-state index contributed by atoms with van der Waals surface area (Å²) in [6.45, 7) is 0. The van der Waals surface area contributed by atoms with Gasteiger partial charge in [-0.15, -0.1) is 11.3 Å². The van der Waals surface area contributed by atoms with E-state index in [-0.39, 0.29) is 34.2 Å². The molecule has 2 N–H and O–H groups in total. The molecule has 0 unspecified atom stereocenters. The van der Waals surface area contributed by atoms with Crippen molar-refractivity contribution in [3.8, 4) is 17.2 Å². The number of carbonyl (C=O) groups excluding carboxylic acids is 1. The Morgan fingerprint density at radius 2 is 1.86 bits per heavy atom. The highest BCUT2D eigenvalue weighted by Gasteiger charge is 2.16. The van der Waals surface area contributed by atoms with E-state index in [1.165, 1.54) is 34.1 Å². The molecule has 6 nitrogen and oxygen atoms in total. The number of fused-ring (bicyclic) bond motifs is 1. The average Bonchev–Trinajstić information content (AvgIpc) is 3.18. The maximum atomic E-state index is 13.0. The van der Waals surface area contributed by atoms with E-state index in [2.05, 4.69) is 4.98 Å². The molecule has 0 spiro atoms. The predicted octanol–water partition coefficient (Wildman–Crippen LogP) is 3.83. The van der Waals surface area contributed by atoms with Crippen molar-refractivity contribution in [2.75, 3.05) is 5.75 Å². The van der Waals surface area contributed by atoms with Crippen LogP contribution in [0.25, 0.3) is 15.9 Å². The molecule has 0 saturated heterocycles. The number of hydrogen-bond donors (Lipinski definition) is 2.